The number of hydrogen-bond donors (Lipinski definition) is 2. The second-order valence-corrected chi connectivity index (χ2v) is 5.72. The molecule has 17 heavy (non-hydrogen) atoms. The zero-order valence-corrected chi connectivity index (χ0v) is 11.0. The van der Waals surface area contributed by atoms with Crippen LogP contribution in [0.25, 0.3) is 0 Å². The first kappa shape index (κ1) is 12.9. The third-order valence-electron chi connectivity index (χ3n) is 4.28. The minimum atomic E-state index is 0.225. The Bertz CT molecular complexity index is 247. The third-order valence-corrected chi connectivity index (χ3v) is 4.28. The Hall–Kier alpha value is -0.570. The first-order valence-corrected chi connectivity index (χ1v) is 7.30. The van der Waals surface area contributed by atoms with Crippen LogP contribution >= 0.6 is 0 Å². The lowest BCUT2D eigenvalue weighted by molar-refractivity contribution is -0.119. The summed E-state index contributed by atoms with van der Waals surface area (Å²) >= 11 is 0. The van der Waals surface area contributed by atoms with Crippen molar-refractivity contribution in [2.24, 2.45) is 5.92 Å². The van der Waals surface area contributed by atoms with Crippen molar-refractivity contribution < 1.29 is 4.79 Å². The van der Waals surface area contributed by atoms with E-state index in [1.165, 1.54) is 38.5 Å². The molecule has 1 atom stereocenters. The van der Waals surface area contributed by atoms with E-state index in [2.05, 4.69) is 17.6 Å². The molecule has 0 aromatic heterocycles. The van der Waals surface area contributed by atoms with Crippen molar-refractivity contribution in [3.05, 3.63) is 0 Å². The SMILES string of the molecule is CCCC1CCC(NCC2CCC(=O)N2)CC1. The molecule has 2 N–H and O–H groups in total. The Kier molecular flexibility index (Phi) is 4.84. The van der Waals surface area contributed by atoms with Crippen LogP contribution in [0, 0.1) is 5.92 Å². The number of nitrogens with one attached hydrogen (secondary N) is 2. The van der Waals surface area contributed by atoms with Crippen LogP contribution in [0.15, 0.2) is 0 Å². The van der Waals surface area contributed by atoms with E-state index in [0.29, 0.717) is 12.1 Å². The summed E-state index contributed by atoms with van der Waals surface area (Å²) in [4.78, 5) is 11.1. The second kappa shape index (κ2) is 6.39. The molecule has 1 amide bonds. The van der Waals surface area contributed by atoms with Crippen LogP contribution in [0.1, 0.15) is 58.3 Å². The molecule has 3 nitrogen and oxygen atoms in total. The van der Waals surface area contributed by atoms with Crippen LogP contribution in [0.2, 0.25) is 0 Å². The van der Waals surface area contributed by atoms with Crippen LogP contribution in [0.3, 0.4) is 0 Å². The van der Waals surface area contributed by atoms with Gasteiger partial charge < -0.3 is 10.6 Å². The molecule has 0 spiro atoms. The van der Waals surface area contributed by atoms with Gasteiger partial charge >= 0.3 is 0 Å². The highest BCUT2D eigenvalue weighted by molar-refractivity contribution is 5.78. The molecule has 2 aliphatic rings. The van der Waals surface area contributed by atoms with Gasteiger partial charge in [-0.25, -0.2) is 0 Å². The van der Waals surface area contributed by atoms with Crippen LogP contribution < -0.4 is 10.6 Å². The summed E-state index contributed by atoms with van der Waals surface area (Å²) in [6.07, 6.45) is 9.90. The monoisotopic (exact) mass is 238 g/mol. The van der Waals surface area contributed by atoms with E-state index in [-0.39, 0.29) is 5.91 Å². The van der Waals surface area contributed by atoms with E-state index in [9.17, 15) is 4.79 Å². The maximum Gasteiger partial charge on any atom is 0.220 e. The molecule has 3 heteroatoms. The van der Waals surface area contributed by atoms with E-state index < -0.39 is 0 Å². The van der Waals surface area contributed by atoms with Gasteiger partial charge in [0.05, 0.1) is 0 Å². The van der Waals surface area contributed by atoms with Gasteiger partial charge in [0.25, 0.3) is 0 Å². The molecule has 1 heterocycles. The van der Waals surface area contributed by atoms with E-state index in [0.717, 1.165) is 25.3 Å². The summed E-state index contributed by atoms with van der Waals surface area (Å²) in [5.41, 5.74) is 0. The smallest absolute Gasteiger partial charge is 0.220 e. The van der Waals surface area contributed by atoms with Gasteiger partial charge in [-0.1, -0.05) is 19.8 Å². The van der Waals surface area contributed by atoms with Crippen LogP contribution in [0.5, 0.6) is 0 Å². The number of rotatable bonds is 5. The quantitative estimate of drug-likeness (QED) is 0.771. The molecular weight excluding hydrogens is 212 g/mol. The molecule has 0 aromatic carbocycles. The van der Waals surface area contributed by atoms with Crippen molar-refractivity contribution in [1.82, 2.24) is 10.6 Å². The van der Waals surface area contributed by atoms with Crippen molar-refractivity contribution in [2.45, 2.75) is 70.4 Å². The fourth-order valence-electron chi connectivity index (χ4n) is 3.20. The Labute approximate surface area is 105 Å². The molecule has 0 aromatic rings. The summed E-state index contributed by atoms with van der Waals surface area (Å²) < 4.78 is 0. The second-order valence-electron chi connectivity index (χ2n) is 5.72. The van der Waals surface area contributed by atoms with Crippen LogP contribution in [-0.4, -0.2) is 24.5 Å². The molecule has 1 saturated carbocycles. The van der Waals surface area contributed by atoms with Crippen molar-refractivity contribution in [3.63, 3.8) is 0 Å². The molecule has 1 aliphatic heterocycles. The molecule has 0 bridgehead atoms. The van der Waals surface area contributed by atoms with Crippen LogP contribution in [0.4, 0.5) is 0 Å². The largest absolute Gasteiger partial charge is 0.352 e. The van der Waals surface area contributed by atoms with E-state index in [1.54, 1.807) is 0 Å². The number of carbonyl (C=O) groups excluding carboxylic acids is 1. The van der Waals surface area contributed by atoms with E-state index in [1.807, 2.05) is 0 Å². The molecule has 2 fully saturated rings. The van der Waals surface area contributed by atoms with Gasteiger partial charge in [-0.15, -0.1) is 0 Å². The zero-order chi connectivity index (χ0) is 12.1. The predicted octanol–water partition coefficient (Wildman–Crippen LogP) is 2.21. The summed E-state index contributed by atoms with van der Waals surface area (Å²) in [5.74, 6) is 1.20. The highest BCUT2D eigenvalue weighted by Crippen LogP contribution is 2.27. The van der Waals surface area contributed by atoms with E-state index in [4.69, 9.17) is 0 Å². The van der Waals surface area contributed by atoms with Gasteiger partial charge in [0.15, 0.2) is 0 Å². The molecule has 2 rings (SSSR count). The normalized spacial score (nSPS) is 33.7. The Morgan fingerprint density at radius 1 is 1.24 bits per heavy atom. The average Bonchev–Trinajstić information content (AvgIpc) is 2.75. The first-order valence-electron chi connectivity index (χ1n) is 7.30. The zero-order valence-electron chi connectivity index (χ0n) is 11.0. The fourth-order valence-corrected chi connectivity index (χ4v) is 3.20. The van der Waals surface area contributed by atoms with Gasteiger partial charge in [-0.3, -0.25) is 4.79 Å². The molecule has 1 aliphatic carbocycles. The van der Waals surface area contributed by atoms with Crippen LogP contribution in [-0.2, 0) is 4.79 Å². The summed E-state index contributed by atoms with van der Waals surface area (Å²) in [5, 5.41) is 6.65. The molecule has 1 saturated heterocycles. The number of amides is 1. The Balaban J connectivity index is 1.60. The third kappa shape index (κ3) is 3.98. The lowest BCUT2D eigenvalue weighted by Crippen LogP contribution is -2.41. The summed E-state index contributed by atoms with van der Waals surface area (Å²) in [6.45, 7) is 3.25. The number of carbonyl (C=O) groups is 1. The maximum atomic E-state index is 11.1. The van der Waals surface area contributed by atoms with Crippen molar-refractivity contribution >= 4 is 5.91 Å². The van der Waals surface area contributed by atoms with Crippen molar-refractivity contribution in [1.29, 1.82) is 0 Å². The first-order chi connectivity index (χ1) is 8.28. The molecular formula is C14H26N2O. The van der Waals surface area contributed by atoms with Crippen molar-refractivity contribution in [3.8, 4) is 0 Å². The van der Waals surface area contributed by atoms with Crippen molar-refractivity contribution in [2.75, 3.05) is 6.54 Å². The molecule has 0 radical (unpaired) electrons. The molecule has 1 unspecified atom stereocenters. The van der Waals surface area contributed by atoms with Gasteiger partial charge in [0, 0.05) is 25.0 Å². The topological polar surface area (TPSA) is 41.1 Å². The fraction of sp³-hybridized carbons (Fsp3) is 0.929. The van der Waals surface area contributed by atoms with Gasteiger partial charge in [-0.2, -0.15) is 0 Å². The maximum absolute atomic E-state index is 11.1. The number of hydrogen-bond acceptors (Lipinski definition) is 2. The van der Waals surface area contributed by atoms with Gasteiger partial charge in [-0.05, 0) is 38.0 Å². The Morgan fingerprint density at radius 3 is 2.59 bits per heavy atom. The lowest BCUT2D eigenvalue weighted by atomic mass is 9.83. The highest BCUT2D eigenvalue weighted by atomic mass is 16.1. The Morgan fingerprint density at radius 2 is 2.00 bits per heavy atom. The average molecular weight is 238 g/mol. The summed E-state index contributed by atoms with van der Waals surface area (Å²) in [7, 11) is 0. The predicted molar refractivity (Wildman–Crippen MR) is 69.8 cm³/mol. The van der Waals surface area contributed by atoms with Gasteiger partial charge in [0.2, 0.25) is 5.91 Å². The molecule has 98 valence electrons. The minimum Gasteiger partial charge on any atom is -0.352 e. The minimum absolute atomic E-state index is 0.225. The van der Waals surface area contributed by atoms with Gasteiger partial charge in [0.1, 0.15) is 0 Å². The van der Waals surface area contributed by atoms with E-state index >= 15 is 0 Å². The lowest BCUT2D eigenvalue weighted by Gasteiger charge is -2.29. The highest BCUT2D eigenvalue weighted by Gasteiger charge is 2.23. The summed E-state index contributed by atoms with van der Waals surface area (Å²) in [6, 6.07) is 1.08. The standard InChI is InChI=1S/C14H26N2O/c1-2-3-11-4-6-12(7-5-11)15-10-13-8-9-14(17)16-13/h11-13,15H,2-10H2,1H3,(H,16,17).